The molecule has 0 aliphatic heterocycles. The number of nitrogens with one attached hydrogen (secondary N) is 1. The molecule has 0 bridgehead atoms. The second-order valence-electron chi connectivity index (χ2n) is 6.07. The molecule has 8 heteroatoms. The van der Waals surface area contributed by atoms with Crippen molar-refractivity contribution in [1.29, 1.82) is 0 Å². The molecule has 2 heterocycles. The van der Waals surface area contributed by atoms with Crippen molar-refractivity contribution in [2.75, 3.05) is 0 Å². The zero-order valence-corrected chi connectivity index (χ0v) is 16.1. The van der Waals surface area contributed by atoms with Crippen LogP contribution in [0.5, 0.6) is 0 Å². The van der Waals surface area contributed by atoms with E-state index >= 15 is 0 Å². The van der Waals surface area contributed by atoms with E-state index < -0.39 is 0 Å². The molecule has 2 aromatic heterocycles. The van der Waals surface area contributed by atoms with Gasteiger partial charge in [-0.15, -0.1) is 0 Å². The van der Waals surface area contributed by atoms with Gasteiger partial charge in [-0.1, -0.05) is 59.6 Å². The minimum absolute atomic E-state index is 0.0135. The molecule has 0 atom stereocenters. The van der Waals surface area contributed by atoms with Crippen molar-refractivity contribution in [3.05, 3.63) is 79.5 Å². The number of halogens is 2. The standard InChI is InChI=1S/C11H11ClN2O.C8H5ClN2O/c1-7(2)14-11(15)9-6-4-3-5-8(9)10(12)13-14;9-7-5-3-1-2-4-6(5)8(12)11-10-7/h3-7H,1-2H3;1-4H,(H,11,12). The summed E-state index contributed by atoms with van der Waals surface area (Å²) < 4.78 is 1.41. The lowest BCUT2D eigenvalue weighted by Crippen LogP contribution is -2.24. The first-order chi connectivity index (χ1) is 12.9. The lowest BCUT2D eigenvalue weighted by Gasteiger charge is -2.10. The van der Waals surface area contributed by atoms with Crippen LogP contribution in [0.25, 0.3) is 21.5 Å². The van der Waals surface area contributed by atoms with Crippen LogP contribution in [0.2, 0.25) is 10.3 Å². The average Bonchev–Trinajstić information content (AvgIpc) is 2.68. The Kier molecular flexibility index (Phi) is 5.58. The number of nitrogens with zero attached hydrogens (tertiary/aromatic N) is 3. The van der Waals surface area contributed by atoms with Crippen LogP contribution in [0, 0.1) is 0 Å². The number of benzene rings is 2. The monoisotopic (exact) mass is 402 g/mol. The normalized spacial score (nSPS) is 10.9. The largest absolute Gasteiger partial charge is 0.274 e. The van der Waals surface area contributed by atoms with Crippen LogP contribution < -0.4 is 11.1 Å². The molecule has 27 heavy (non-hydrogen) atoms. The van der Waals surface area contributed by atoms with Crippen LogP contribution >= 0.6 is 23.2 Å². The molecule has 0 spiro atoms. The van der Waals surface area contributed by atoms with Gasteiger partial charge in [-0.2, -0.15) is 10.2 Å². The number of rotatable bonds is 1. The molecule has 0 unspecified atom stereocenters. The summed E-state index contributed by atoms with van der Waals surface area (Å²) in [6.45, 7) is 3.80. The maximum Gasteiger partial charge on any atom is 0.274 e. The molecule has 4 aromatic rings. The third-order valence-electron chi connectivity index (χ3n) is 3.92. The Hall–Kier alpha value is -2.70. The van der Waals surface area contributed by atoms with Gasteiger partial charge in [0.1, 0.15) is 0 Å². The van der Waals surface area contributed by atoms with Gasteiger partial charge in [0.15, 0.2) is 10.3 Å². The summed E-state index contributed by atoms with van der Waals surface area (Å²) in [6, 6.07) is 14.3. The van der Waals surface area contributed by atoms with Crippen molar-refractivity contribution in [3.63, 3.8) is 0 Å². The predicted octanol–water partition coefficient (Wildman–Crippen LogP) is 4.21. The highest BCUT2D eigenvalue weighted by Gasteiger charge is 2.10. The molecule has 1 N–H and O–H groups in total. The van der Waals surface area contributed by atoms with E-state index in [9.17, 15) is 9.59 Å². The first-order valence-electron chi connectivity index (χ1n) is 8.20. The van der Waals surface area contributed by atoms with E-state index in [2.05, 4.69) is 15.3 Å². The minimum atomic E-state index is -0.213. The quantitative estimate of drug-likeness (QED) is 0.516. The third-order valence-corrected chi connectivity index (χ3v) is 4.49. The van der Waals surface area contributed by atoms with E-state index in [1.165, 1.54) is 4.68 Å². The summed E-state index contributed by atoms with van der Waals surface area (Å²) in [7, 11) is 0. The van der Waals surface area contributed by atoms with E-state index in [0.717, 1.165) is 0 Å². The van der Waals surface area contributed by atoms with Gasteiger partial charge >= 0.3 is 0 Å². The molecule has 0 fully saturated rings. The minimum Gasteiger partial charge on any atom is -0.267 e. The van der Waals surface area contributed by atoms with Crippen molar-refractivity contribution >= 4 is 44.7 Å². The van der Waals surface area contributed by atoms with Crippen LogP contribution in [0.3, 0.4) is 0 Å². The van der Waals surface area contributed by atoms with E-state index in [0.29, 0.717) is 31.9 Å². The van der Waals surface area contributed by atoms with Crippen LogP contribution in [0.1, 0.15) is 19.9 Å². The topological polar surface area (TPSA) is 80.6 Å². The van der Waals surface area contributed by atoms with Gasteiger partial charge in [0.25, 0.3) is 11.1 Å². The molecular weight excluding hydrogens is 387 g/mol. The summed E-state index contributed by atoms with van der Waals surface area (Å²) in [4.78, 5) is 23.1. The second-order valence-corrected chi connectivity index (χ2v) is 6.79. The Morgan fingerprint density at radius 1 is 0.852 bits per heavy atom. The third kappa shape index (κ3) is 3.86. The van der Waals surface area contributed by atoms with E-state index in [1.807, 2.05) is 32.0 Å². The molecule has 0 saturated carbocycles. The average molecular weight is 403 g/mol. The maximum atomic E-state index is 12.0. The molecule has 6 nitrogen and oxygen atoms in total. The fourth-order valence-corrected chi connectivity index (χ4v) is 3.05. The fraction of sp³-hybridized carbons (Fsp3) is 0.158. The summed E-state index contributed by atoms with van der Waals surface area (Å²) in [6.07, 6.45) is 0. The van der Waals surface area contributed by atoms with Crippen LogP contribution in [0.4, 0.5) is 0 Å². The number of hydrogen-bond donors (Lipinski definition) is 1. The van der Waals surface area contributed by atoms with Crippen LogP contribution in [-0.4, -0.2) is 20.0 Å². The molecule has 4 rings (SSSR count). The van der Waals surface area contributed by atoms with Crippen molar-refractivity contribution < 1.29 is 0 Å². The molecule has 2 aromatic carbocycles. The van der Waals surface area contributed by atoms with Crippen LogP contribution in [-0.2, 0) is 0 Å². The smallest absolute Gasteiger partial charge is 0.267 e. The van der Waals surface area contributed by atoms with E-state index in [-0.39, 0.29) is 17.2 Å². The second kappa shape index (κ2) is 7.90. The number of H-pyrrole nitrogens is 1. The highest BCUT2D eigenvalue weighted by molar-refractivity contribution is 6.34. The highest BCUT2D eigenvalue weighted by atomic mass is 35.5. The summed E-state index contributed by atoms with van der Waals surface area (Å²) in [5.74, 6) is 0. The van der Waals surface area contributed by atoms with Crippen molar-refractivity contribution in [3.8, 4) is 0 Å². The number of hydrogen-bond acceptors (Lipinski definition) is 4. The van der Waals surface area contributed by atoms with Gasteiger partial charge in [0, 0.05) is 10.8 Å². The van der Waals surface area contributed by atoms with E-state index in [4.69, 9.17) is 23.2 Å². The van der Waals surface area contributed by atoms with Gasteiger partial charge in [-0.3, -0.25) is 9.59 Å². The number of aromatic amines is 1. The molecule has 138 valence electrons. The zero-order chi connectivity index (χ0) is 19.6. The van der Waals surface area contributed by atoms with Gasteiger partial charge in [-0.05, 0) is 26.0 Å². The molecule has 0 aliphatic rings. The summed E-state index contributed by atoms with van der Waals surface area (Å²) in [5, 5.41) is 13.3. The zero-order valence-electron chi connectivity index (χ0n) is 14.6. The van der Waals surface area contributed by atoms with Gasteiger partial charge in [0.2, 0.25) is 0 Å². The number of fused-ring (bicyclic) bond motifs is 2. The highest BCUT2D eigenvalue weighted by Crippen LogP contribution is 2.18. The predicted molar refractivity (Wildman–Crippen MR) is 109 cm³/mol. The first kappa shape index (κ1) is 19.1. The van der Waals surface area contributed by atoms with Crippen molar-refractivity contribution in [1.82, 2.24) is 20.0 Å². The van der Waals surface area contributed by atoms with Crippen LogP contribution in [0.15, 0.2) is 58.1 Å². The lowest BCUT2D eigenvalue weighted by molar-refractivity contribution is 0.508. The molecule has 0 amide bonds. The Morgan fingerprint density at radius 2 is 1.37 bits per heavy atom. The Morgan fingerprint density at radius 3 is 1.93 bits per heavy atom. The summed E-state index contributed by atoms with van der Waals surface area (Å²) >= 11 is 11.8. The maximum absolute atomic E-state index is 12.0. The lowest BCUT2D eigenvalue weighted by atomic mass is 10.2. The summed E-state index contributed by atoms with van der Waals surface area (Å²) in [5.41, 5.74) is -0.306. The Balaban J connectivity index is 0.000000159. The first-order valence-corrected chi connectivity index (χ1v) is 8.95. The van der Waals surface area contributed by atoms with Crippen molar-refractivity contribution in [2.24, 2.45) is 0 Å². The SMILES string of the molecule is CC(C)n1nc(Cl)c2ccccc2c1=O.O=c1[nH]nc(Cl)c2ccccc12. The van der Waals surface area contributed by atoms with E-state index in [1.54, 1.807) is 30.3 Å². The van der Waals surface area contributed by atoms with Gasteiger partial charge in [0.05, 0.1) is 16.8 Å². The molecule has 0 radical (unpaired) electrons. The fourth-order valence-electron chi connectivity index (χ4n) is 2.60. The van der Waals surface area contributed by atoms with Crippen molar-refractivity contribution in [2.45, 2.75) is 19.9 Å². The van der Waals surface area contributed by atoms with Gasteiger partial charge in [-0.25, -0.2) is 9.78 Å². The number of aromatic nitrogens is 4. The Labute approximate surface area is 164 Å². The molecule has 0 aliphatic carbocycles. The van der Waals surface area contributed by atoms with Gasteiger partial charge < -0.3 is 0 Å². The molecule has 0 saturated heterocycles. The molecular formula is C19H16Cl2N4O2. The Bertz CT molecular complexity index is 1230.